The maximum absolute atomic E-state index is 13.1. The van der Waals surface area contributed by atoms with Crippen molar-refractivity contribution in [2.24, 2.45) is 5.92 Å². The molecule has 0 saturated carbocycles. The van der Waals surface area contributed by atoms with Crippen LogP contribution in [0.15, 0.2) is 42.9 Å². The zero-order valence-electron chi connectivity index (χ0n) is 18.6. The van der Waals surface area contributed by atoms with E-state index in [0.29, 0.717) is 33.8 Å². The number of benzene rings is 1. The van der Waals surface area contributed by atoms with Crippen molar-refractivity contribution in [2.75, 3.05) is 11.1 Å². The first-order valence-corrected chi connectivity index (χ1v) is 11.2. The number of nitrogen functional groups attached to an aromatic ring is 1. The van der Waals surface area contributed by atoms with E-state index in [0.717, 1.165) is 29.7 Å². The summed E-state index contributed by atoms with van der Waals surface area (Å²) < 4.78 is 1.92. The largest absolute Gasteiger partial charge is 0.383 e. The summed E-state index contributed by atoms with van der Waals surface area (Å²) in [5.74, 6) is 1.32. The molecule has 3 N–H and O–H groups in total. The van der Waals surface area contributed by atoms with Crippen LogP contribution in [0.5, 0.6) is 0 Å². The van der Waals surface area contributed by atoms with Crippen LogP contribution in [0, 0.1) is 5.92 Å². The number of anilines is 2. The standard InChI is InChI=1S/C24H24ClN7O/c1-13(2)4-9-16-22-27-10-11-32(22)12-17(28-16)20-29-19(26)18-21(30-20)31-23(33)24(18,3)14-5-7-15(25)8-6-14/h5-8,10-13H,4,9H2,1-3H3,(H3,26,29,30,31,33). The highest BCUT2D eigenvalue weighted by atomic mass is 35.5. The van der Waals surface area contributed by atoms with Crippen LogP contribution in [0.3, 0.4) is 0 Å². The number of hydrogen-bond donors (Lipinski definition) is 2. The van der Waals surface area contributed by atoms with Gasteiger partial charge < -0.3 is 15.5 Å². The Labute approximate surface area is 196 Å². The molecule has 1 atom stereocenters. The molecule has 9 heteroatoms. The van der Waals surface area contributed by atoms with E-state index >= 15 is 0 Å². The number of nitrogens with two attached hydrogens (primary N) is 1. The van der Waals surface area contributed by atoms with E-state index in [1.54, 1.807) is 18.3 Å². The normalized spacial score (nSPS) is 17.5. The maximum Gasteiger partial charge on any atom is 0.240 e. The van der Waals surface area contributed by atoms with Crippen molar-refractivity contribution in [3.05, 3.63) is 64.7 Å². The molecule has 1 amide bonds. The Kier molecular flexibility index (Phi) is 5.05. The lowest BCUT2D eigenvalue weighted by molar-refractivity contribution is -0.119. The number of imidazole rings is 1. The van der Waals surface area contributed by atoms with E-state index in [1.165, 1.54) is 0 Å². The van der Waals surface area contributed by atoms with Crippen LogP contribution in [0.25, 0.3) is 17.2 Å². The summed E-state index contributed by atoms with van der Waals surface area (Å²) in [4.78, 5) is 31.6. The second kappa shape index (κ2) is 7.81. The molecule has 0 aliphatic carbocycles. The number of aromatic nitrogens is 5. The molecule has 8 nitrogen and oxygen atoms in total. The third kappa shape index (κ3) is 3.51. The SMILES string of the molecule is CC(C)CCc1nc(-c2nc(N)c3c(n2)NC(=O)C3(C)c2ccc(Cl)cc2)cn2ccnc12. The Balaban J connectivity index is 1.61. The minimum absolute atomic E-state index is 0.214. The fourth-order valence-corrected chi connectivity index (χ4v) is 4.40. The van der Waals surface area contributed by atoms with Gasteiger partial charge in [0.25, 0.3) is 0 Å². The molecule has 1 aromatic carbocycles. The zero-order chi connectivity index (χ0) is 23.3. The second-order valence-electron chi connectivity index (χ2n) is 8.91. The summed E-state index contributed by atoms with van der Waals surface area (Å²) in [5, 5.41) is 3.48. The summed E-state index contributed by atoms with van der Waals surface area (Å²) in [7, 11) is 0. The molecule has 4 heterocycles. The van der Waals surface area contributed by atoms with Gasteiger partial charge in [0.1, 0.15) is 22.7 Å². The van der Waals surface area contributed by atoms with Gasteiger partial charge in [-0.05, 0) is 43.4 Å². The number of aryl methyl sites for hydroxylation is 1. The summed E-state index contributed by atoms with van der Waals surface area (Å²) in [6.45, 7) is 6.17. The molecule has 0 fully saturated rings. The molecule has 1 unspecified atom stereocenters. The predicted molar refractivity (Wildman–Crippen MR) is 128 cm³/mol. The van der Waals surface area contributed by atoms with E-state index < -0.39 is 5.41 Å². The van der Waals surface area contributed by atoms with Crippen LogP contribution >= 0.6 is 11.6 Å². The highest BCUT2D eigenvalue weighted by molar-refractivity contribution is 6.30. The fraction of sp³-hybridized carbons (Fsp3) is 0.292. The van der Waals surface area contributed by atoms with Crippen molar-refractivity contribution in [3.8, 4) is 11.5 Å². The molecule has 1 aliphatic heterocycles. The number of carbonyl (C=O) groups excluding carboxylic acids is 1. The van der Waals surface area contributed by atoms with Crippen LogP contribution in [-0.4, -0.2) is 30.2 Å². The van der Waals surface area contributed by atoms with Crippen molar-refractivity contribution >= 4 is 34.8 Å². The molecule has 33 heavy (non-hydrogen) atoms. The molecule has 1 aliphatic rings. The highest BCUT2D eigenvalue weighted by Crippen LogP contribution is 2.45. The lowest BCUT2D eigenvalue weighted by atomic mass is 9.78. The Morgan fingerprint density at radius 2 is 1.94 bits per heavy atom. The predicted octanol–water partition coefficient (Wildman–Crippen LogP) is 4.27. The van der Waals surface area contributed by atoms with Crippen molar-refractivity contribution in [2.45, 2.75) is 39.0 Å². The third-order valence-corrected chi connectivity index (χ3v) is 6.43. The van der Waals surface area contributed by atoms with Gasteiger partial charge in [-0.25, -0.2) is 19.9 Å². The van der Waals surface area contributed by atoms with Crippen molar-refractivity contribution in [3.63, 3.8) is 0 Å². The summed E-state index contributed by atoms with van der Waals surface area (Å²) in [6, 6.07) is 7.14. The second-order valence-corrected chi connectivity index (χ2v) is 9.34. The van der Waals surface area contributed by atoms with Gasteiger partial charge in [0.2, 0.25) is 5.91 Å². The topological polar surface area (TPSA) is 111 Å². The Bertz CT molecular complexity index is 1380. The molecular formula is C24H24ClN7O. The van der Waals surface area contributed by atoms with Gasteiger partial charge >= 0.3 is 0 Å². The van der Waals surface area contributed by atoms with Gasteiger partial charge in [-0.3, -0.25) is 4.79 Å². The Hall–Kier alpha value is -3.52. The van der Waals surface area contributed by atoms with Crippen LogP contribution < -0.4 is 11.1 Å². The smallest absolute Gasteiger partial charge is 0.240 e. The maximum atomic E-state index is 13.1. The third-order valence-electron chi connectivity index (χ3n) is 6.18. The Morgan fingerprint density at radius 1 is 1.18 bits per heavy atom. The minimum atomic E-state index is -1.02. The van der Waals surface area contributed by atoms with Gasteiger partial charge in [0, 0.05) is 23.6 Å². The van der Waals surface area contributed by atoms with Crippen LogP contribution in [0.2, 0.25) is 5.02 Å². The zero-order valence-corrected chi connectivity index (χ0v) is 19.4. The molecule has 5 rings (SSSR count). The molecular weight excluding hydrogens is 438 g/mol. The average molecular weight is 462 g/mol. The monoisotopic (exact) mass is 461 g/mol. The number of nitrogens with one attached hydrogen (secondary N) is 1. The first-order chi connectivity index (χ1) is 15.8. The quantitative estimate of drug-likeness (QED) is 0.459. The van der Waals surface area contributed by atoms with E-state index in [2.05, 4.69) is 34.1 Å². The van der Waals surface area contributed by atoms with E-state index in [1.807, 2.05) is 35.9 Å². The van der Waals surface area contributed by atoms with Gasteiger partial charge in [-0.2, -0.15) is 0 Å². The molecule has 0 saturated heterocycles. The van der Waals surface area contributed by atoms with Crippen molar-refractivity contribution in [1.29, 1.82) is 0 Å². The lowest BCUT2D eigenvalue weighted by Gasteiger charge is -2.23. The van der Waals surface area contributed by atoms with Gasteiger partial charge in [-0.1, -0.05) is 37.6 Å². The number of fused-ring (bicyclic) bond motifs is 2. The summed E-state index contributed by atoms with van der Waals surface area (Å²) in [6.07, 6.45) is 7.22. The molecule has 0 spiro atoms. The Morgan fingerprint density at radius 3 is 2.67 bits per heavy atom. The number of rotatable bonds is 5. The van der Waals surface area contributed by atoms with Crippen molar-refractivity contribution in [1.82, 2.24) is 24.3 Å². The lowest BCUT2D eigenvalue weighted by Crippen LogP contribution is -2.32. The molecule has 168 valence electrons. The van der Waals surface area contributed by atoms with Gasteiger partial charge in [0.05, 0.1) is 11.3 Å². The number of carbonyl (C=O) groups is 1. The van der Waals surface area contributed by atoms with E-state index in [9.17, 15) is 4.79 Å². The highest BCUT2D eigenvalue weighted by Gasteiger charge is 2.47. The summed E-state index contributed by atoms with van der Waals surface area (Å²) in [5.41, 5.74) is 9.00. The number of nitrogens with zero attached hydrogens (tertiary/aromatic N) is 5. The molecule has 4 aromatic rings. The van der Waals surface area contributed by atoms with E-state index in [-0.39, 0.29) is 11.7 Å². The molecule has 0 radical (unpaired) electrons. The van der Waals surface area contributed by atoms with Crippen molar-refractivity contribution < 1.29 is 4.79 Å². The first kappa shape index (κ1) is 21.3. The van der Waals surface area contributed by atoms with Gasteiger partial charge in [0.15, 0.2) is 11.5 Å². The van der Waals surface area contributed by atoms with Gasteiger partial charge in [-0.15, -0.1) is 0 Å². The average Bonchev–Trinajstić information content (AvgIpc) is 3.35. The number of amides is 1. The molecule has 0 bridgehead atoms. The fourth-order valence-electron chi connectivity index (χ4n) is 4.28. The van der Waals surface area contributed by atoms with Crippen LogP contribution in [-0.2, 0) is 16.6 Å². The molecule has 3 aromatic heterocycles. The van der Waals surface area contributed by atoms with Crippen LogP contribution in [0.1, 0.15) is 44.0 Å². The minimum Gasteiger partial charge on any atom is -0.383 e. The van der Waals surface area contributed by atoms with Crippen LogP contribution in [0.4, 0.5) is 11.6 Å². The summed E-state index contributed by atoms with van der Waals surface area (Å²) >= 11 is 6.04. The number of halogens is 1. The van der Waals surface area contributed by atoms with E-state index in [4.69, 9.17) is 22.3 Å². The first-order valence-electron chi connectivity index (χ1n) is 10.9. The number of hydrogen-bond acceptors (Lipinski definition) is 6.